The Hall–Kier alpha value is -2.92. The van der Waals surface area contributed by atoms with Crippen LogP contribution >= 0.6 is 11.6 Å². The molecule has 0 unspecified atom stereocenters. The second-order valence-corrected chi connectivity index (χ2v) is 5.57. The van der Waals surface area contributed by atoms with E-state index in [1.54, 1.807) is 30.6 Å². The lowest BCUT2D eigenvalue weighted by Gasteiger charge is -2.11. The largest absolute Gasteiger partial charge is 0.354 e. The number of hydrogen-bond donors (Lipinski definition) is 2. The molecule has 0 saturated carbocycles. The Kier molecular flexibility index (Phi) is 4.72. The van der Waals surface area contributed by atoms with Crippen LogP contribution in [0.5, 0.6) is 0 Å². The van der Waals surface area contributed by atoms with E-state index in [1.165, 1.54) is 6.20 Å². The van der Waals surface area contributed by atoms with Gasteiger partial charge in [0.2, 0.25) is 0 Å². The fraction of sp³-hybridized carbons (Fsp3) is 0.0556. The predicted octanol–water partition coefficient (Wildman–Crippen LogP) is 4.43. The maximum Gasteiger partial charge on any atom is 0.258 e. The van der Waals surface area contributed by atoms with Crippen LogP contribution in [0, 0.1) is 6.92 Å². The third-order valence-corrected chi connectivity index (χ3v) is 3.88. The zero-order valence-corrected chi connectivity index (χ0v) is 13.7. The second kappa shape index (κ2) is 7.10. The van der Waals surface area contributed by atoms with E-state index in [0.717, 1.165) is 16.9 Å². The Morgan fingerprint density at radius 1 is 1.08 bits per heavy atom. The molecular formula is C18H15ClN4O. The first-order chi connectivity index (χ1) is 11.6. The van der Waals surface area contributed by atoms with E-state index in [0.29, 0.717) is 16.4 Å². The standard InChI is InChI=1S/C18H15ClN4O/c1-12-15(19)5-2-6-16(12)22-14-7-8-17(21-11-14)23-18(24)13-4-3-9-20-10-13/h2-11,22H,1H3,(H,21,23,24). The minimum atomic E-state index is -0.248. The monoisotopic (exact) mass is 338 g/mol. The van der Waals surface area contributed by atoms with Crippen molar-refractivity contribution >= 4 is 34.7 Å². The molecule has 2 aromatic heterocycles. The number of carbonyl (C=O) groups excluding carboxylic acids is 1. The van der Waals surface area contributed by atoms with E-state index >= 15 is 0 Å². The highest BCUT2D eigenvalue weighted by molar-refractivity contribution is 6.31. The van der Waals surface area contributed by atoms with Gasteiger partial charge in [-0.3, -0.25) is 9.78 Å². The summed E-state index contributed by atoms with van der Waals surface area (Å²) >= 11 is 6.11. The zero-order chi connectivity index (χ0) is 16.9. The van der Waals surface area contributed by atoms with Crippen LogP contribution in [0.3, 0.4) is 0 Å². The van der Waals surface area contributed by atoms with E-state index in [2.05, 4.69) is 20.6 Å². The topological polar surface area (TPSA) is 66.9 Å². The number of nitrogens with one attached hydrogen (secondary N) is 2. The van der Waals surface area contributed by atoms with Gasteiger partial charge in [-0.2, -0.15) is 0 Å². The van der Waals surface area contributed by atoms with E-state index in [4.69, 9.17) is 11.6 Å². The lowest BCUT2D eigenvalue weighted by molar-refractivity contribution is 0.102. The van der Waals surface area contributed by atoms with Gasteiger partial charge in [-0.1, -0.05) is 17.7 Å². The zero-order valence-electron chi connectivity index (χ0n) is 13.0. The summed E-state index contributed by atoms with van der Waals surface area (Å²) in [5.74, 6) is 0.221. The molecule has 6 heteroatoms. The van der Waals surface area contributed by atoms with Crippen LogP contribution < -0.4 is 10.6 Å². The highest BCUT2D eigenvalue weighted by Gasteiger charge is 2.07. The molecule has 0 bridgehead atoms. The molecule has 5 nitrogen and oxygen atoms in total. The molecule has 3 rings (SSSR count). The molecule has 0 aliphatic carbocycles. The molecule has 0 spiro atoms. The van der Waals surface area contributed by atoms with Crippen molar-refractivity contribution in [1.29, 1.82) is 0 Å². The van der Waals surface area contributed by atoms with Crippen LogP contribution in [0.4, 0.5) is 17.2 Å². The van der Waals surface area contributed by atoms with Gasteiger partial charge < -0.3 is 10.6 Å². The SMILES string of the molecule is Cc1c(Cl)cccc1Nc1ccc(NC(=O)c2cccnc2)nc1. The molecule has 1 aromatic carbocycles. The van der Waals surface area contributed by atoms with Crippen molar-refractivity contribution in [3.05, 3.63) is 77.2 Å². The molecule has 3 aromatic rings. The summed E-state index contributed by atoms with van der Waals surface area (Å²) in [6, 6.07) is 12.6. The summed E-state index contributed by atoms with van der Waals surface area (Å²) in [4.78, 5) is 20.2. The molecular weight excluding hydrogens is 324 g/mol. The first kappa shape index (κ1) is 16.0. The van der Waals surface area contributed by atoms with Crippen molar-refractivity contribution in [3.8, 4) is 0 Å². The van der Waals surface area contributed by atoms with Gasteiger partial charge in [-0.05, 0) is 48.9 Å². The molecule has 2 N–H and O–H groups in total. The van der Waals surface area contributed by atoms with Gasteiger partial charge in [-0.15, -0.1) is 0 Å². The lowest BCUT2D eigenvalue weighted by atomic mass is 10.2. The van der Waals surface area contributed by atoms with Gasteiger partial charge >= 0.3 is 0 Å². The van der Waals surface area contributed by atoms with Crippen molar-refractivity contribution in [1.82, 2.24) is 9.97 Å². The molecule has 0 aliphatic rings. The summed E-state index contributed by atoms with van der Waals surface area (Å²) in [5.41, 5.74) is 3.17. The summed E-state index contributed by atoms with van der Waals surface area (Å²) in [7, 11) is 0. The summed E-state index contributed by atoms with van der Waals surface area (Å²) < 4.78 is 0. The Balaban J connectivity index is 1.69. The van der Waals surface area contributed by atoms with Gasteiger partial charge in [0, 0.05) is 23.1 Å². The quantitative estimate of drug-likeness (QED) is 0.738. The Morgan fingerprint density at radius 2 is 1.96 bits per heavy atom. The van der Waals surface area contributed by atoms with Crippen LogP contribution in [0.2, 0.25) is 5.02 Å². The fourth-order valence-corrected chi connectivity index (χ4v) is 2.30. The normalized spacial score (nSPS) is 10.2. The average Bonchev–Trinajstić information content (AvgIpc) is 2.61. The summed E-state index contributed by atoms with van der Waals surface area (Å²) in [6.07, 6.45) is 4.78. The molecule has 0 atom stereocenters. The smallest absolute Gasteiger partial charge is 0.258 e. The van der Waals surface area contributed by atoms with E-state index in [-0.39, 0.29) is 5.91 Å². The van der Waals surface area contributed by atoms with E-state index in [9.17, 15) is 4.79 Å². The highest BCUT2D eigenvalue weighted by atomic mass is 35.5. The molecule has 2 heterocycles. The number of carbonyl (C=O) groups is 1. The maximum atomic E-state index is 12.1. The molecule has 24 heavy (non-hydrogen) atoms. The van der Waals surface area contributed by atoms with Crippen LogP contribution in [0.25, 0.3) is 0 Å². The Bertz CT molecular complexity index is 851. The number of hydrogen-bond acceptors (Lipinski definition) is 4. The maximum absolute atomic E-state index is 12.1. The first-order valence-corrected chi connectivity index (χ1v) is 7.71. The third kappa shape index (κ3) is 3.70. The van der Waals surface area contributed by atoms with Gasteiger partial charge in [0.15, 0.2) is 0 Å². The van der Waals surface area contributed by atoms with E-state index < -0.39 is 0 Å². The van der Waals surface area contributed by atoms with Gasteiger partial charge in [-0.25, -0.2) is 4.98 Å². The number of pyridine rings is 2. The molecule has 0 saturated heterocycles. The number of amides is 1. The molecule has 1 amide bonds. The molecule has 0 aliphatic heterocycles. The van der Waals surface area contributed by atoms with Crippen LogP contribution in [0.1, 0.15) is 15.9 Å². The predicted molar refractivity (Wildman–Crippen MR) is 95.9 cm³/mol. The minimum Gasteiger partial charge on any atom is -0.354 e. The average molecular weight is 339 g/mol. The fourth-order valence-electron chi connectivity index (χ4n) is 2.13. The van der Waals surface area contributed by atoms with E-state index in [1.807, 2.05) is 31.2 Å². The van der Waals surface area contributed by atoms with Gasteiger partial charge in [0.25, 0.3) is 5.91 Å². The van der Waals surface area contributed by atoms with Gasteiger partial charge in [0.1, 0.15) is 5.82 Å². The number of benzene rings is 1. The van der Waals surface area contributed by atoms with Crippen LogP contribution in [-0.2, 0) is 0 Å². The molecule has 0 radical (unpaired) electrons. The summed E-state index contributed by atoms with van der Waals surface area (Å²) in [5, 5.41) is 6.69. The Labute approximate surface area is 144 Å². The minimum absolute atomic E-state index is 0.248. The van der Waals surface area contributed by atoms with Crippen molar-refractivity contribution in [2.75, 3.05) is 10.6 Å². The number of nitrogens with zero attached hydrogens (tertiary/aromatic N) is 2. The van der Waals surface area contributed by atoms with Crippen LogP contribution in [0.15, 0.2) is 61.1 Å². The molecule has 0 fully saturated rings. The van der Waals surface area contributed by atoms with Crippen molar-refractivity contribution in [3.63, 3.8) is 0 Å². The first-order valence-electron chi connectivity index (χ1n) is 7.33. The number of anilines is 3. The number of aromatic nitrogens is 2. The highest BCUT2D eigenvalue weighted by Crippen LogP contribution is 2.26. The van der Waals surface area contributed by atoms with Crippen LogP contribution in [-0.4, -0.2) is 15.9 Å². The second-order valence-electron chi connectivity index (χ2n) is 5.17. The van der Waals surface area contributed by atoms with Crippen molar-refractivity contribution in [2.24, 2.45) is 0 Å². The number of rotatable bonds is 4. The number of halogens is 1. The van der Waals surface area contributed by atoms with Gasteiger partial charge in [0.05, 0.1) is 17.4 Å². The molecule has 120 valence electrons. The Morgan fingerprint density at radius 3 is 2.67 bits per heavy atom. The summed E-state index contributed by atoms with van der Waals surface area (Å²) in [6.45, 7) is 1.95. The van der Waals surface area contributed by atoms with Crippen molar-refractivity contribution < 1.29 is 4.79 Å². The third-order valence-electron chi connectivity index (χ3n) is 3.48. The van der Waals surface area contributed by atoms with Crippen molar-refractivity contribution in [2.45, 2.75) is 6.92 Å². The lowest BCUT2D eigenvalue weighted by Crippen LogP contribution is -2.13.